The van der Waals surface area contributed by atoms with E-state index < -0.39 is 5.76 Å². The van der Waals surface area contributed by atoms with Crippen molar-refractivity contribution in [2.75, 3.05) is 0 Å². The Morgan fingerprint density at radius 1 is 1.31 bits per heavy atom. The summed E-state index contributed by atoms with van der Waals surface area (Å²) in [5.41, 5.74) is 0.862. The summed E-state index contributed by atoms with van der Waals surface area (Å²) in [6.45, 7) is 0. The molecule has 68 valence electrons. The number of hydrogen-bond acceptors (Lipinski definition) is 2. The van der Waals surface area contributed by atoms with Crippen molar-refractivity contribution in [2.45, 2.75) is 0 Å². The maximum atomic E-state index is 11.1. The predicted molar refractivity (Wildman–Crippen MR) is 51.5 cm³/mol. The molecule has 0 unspecified atom stereocenters. The van der Waals surface area contributed by atoms with Gasteiger partial charge in [0.2, 0.25) is 0 Å². The quantitative estimate of drug-likeness (QED) is 0.680. The van der Waals surface area contributed by atoms with E-state index in [0.29, 0.717) is 21.1 Å². The van der Waals surface area contributed by atoms with Crippen molar-refractivity contribution in [3.63, 3.8) is 0 Å². The van der Waals surface area contributed by atoms with Gasteiger partial charge in [-0.25, -0.2) is 4.79 Å². The van der Waals surface area contributed by atoms with Crippen molar-refractivity contribution in [2.24, 2.45) is 7.05 Å². The Kier molecular flexibility index (Phi) is 1.86. The van der Waals surface area contributed by atoms with Gasteiger partial charge >= 0.3 is 5.76 Å². The van der Waals surface area contributed by atoms with E-state index in [2.05, 4.69) is 0 Å². The average molecular weight is 218 g/mol. The Morgan fingerprint density at radius 2 is 1.92 bits per heavy atom. The fourth-order valence-electron chi connectivity index (χ4n) is 1.18. The molecule has 0 atom stereocenters. The van der Waals surface area contributed by atoms with Crippen LogP contribution in [0.2, 0.25) is 10.0 Å². The second kappa shape index (κ2) is 2.79. The number of aromatic nitrogens is 1. The molecule has 1 aromatic carbocycles. The highest BCUT2D eigenvalue weighted by Gasteiger charge is 2.12. The summed E-state index contributed by atoms with van der Waals surface area (Å²) >= 11 is 11.7. The summed E-state index contributed by atoms with van der Waals surface area (Å²) in [5, 5.41) is 0.838. The van der Waals surface area contributed by atoms with Crippen molar-refractivity contribution in [1.82, 2.24) is 4.57 Å². The Morgan fingerprint density at radius 3 is 2.54 bits per heavy atom. The third-order valence-corrected chi connectivity index (χ3v) is 2.44. The van der Waals surface area contributed by atoms with Gasteiger partial charge in [0, 0.05) is 7.05 Å². The first-order valence-electron chi connectivity index (χ1n) is 3.55. The zero-order valence-corrected chi connectivity index (χ0v) is 8.19. The van der Waals surface area contributed by atoms with Crippen molar-refractivity contribution in [3.05, 3.63) is 32.7 Å². The predicted octanol–water partition coefficient (Wildman–Crippen LogP) is 2.44. The first-order chi connectivity index (χ1) is 6.11. The Bertz CT molecular complexity index is 527. The number of rotatable bonds is 0. The van der Waals surface area contributed by atoms with Crippen LogP contribution in [0.25, 0.3) is 11.1 Å². The molecule has 1 heterocycles. The standard InChI is InChI=1S/C8H5Cl2NO2/c1-11-6-4(9)2-3-5(10)7(6)13-8(11)12/h2-3H,1H3. The SMILES string of the molecule is Cn1c(=O)oc2c(Cl)ccc(Cl)c21. The number of aryl methyl sites for hydroxylation is 1. The molecule has 0 amide bonds. The smallest absolute Gasteiger partial charge is 0.406 e. The monoisotopic (exact) mass is 217 g/mol. The molecular weight excluding hydrogens is 213 g/mol. The fourth-order valence-corrected chi connectivity index (χ4v) is 1.65. The van der Waals surface area contributed by atoms with Gasteiger partial charge in [0.15, 0.2) is 5.58 Å². The van der Waals surface area contributed by atoms with Crippen LogP contribution >= 0.6 is 23.2 Å². The molecule has 2 aromatic rings. The van der Waals surface area contributed by atoms with Gasteiger partial charge in [-0.15, -0.1) is 0 Å². The first-order valence-corrected chi connectivity index (χ1v) is 4.30. The number of halogens is 2. The molecule has 1 aromatic heterocycles. The van der Waals surface area contributed by atoms with E-state index >= 15 is 0 Å². The van der Waals surface area contributed by atoms with Crippen LogP contribution < -0.4 is 5.76 Å². The van der Waals surface area contributed by atoms with Crippen LogP contribution in [0.3, 0.4) is 0 Å². The third-order valence-electron chi connectivity index (χ3n) is 1.83. The lowest BCUT2D eigenvalue weighted by atomic mass is 10.3. The summed E-state index contributed by atoms with van der Waals surface area (Å²) < 4.78 is 6.22. The third kappa shape index (κ3) is 1.16. The summed E-state index contributed by atoms with van der Waals surface area (Å²) in [5.74, 6) is -0.468. The van der Waals surface area contributed by atoms with Crippen LogP contribution in [0, 0.1) is 0 Å². The van der Waals surface area contributed by atoms with Crippen molar-refractivity contribution in [3.8, 4) is 0 Å². The van der Waals surface area contributed by atoms with Gasteiger partial charge in [-0.1, -0.05) is 23.2 Å². The molecule has 2 rings (SSSR count). The molecule has 0 saturated heterocycles. The molecule has 0 radical (unpaired) electrons. The maximum absolute atomic E-state index is 11.1. The second-order valence-electron chi connectivity index (χ2n) is 2.63. The van der Waals surface area contributed by atoms with E-state index in [0.717, 1.165) is 0 Å². The van der Waals surface area contributed by atoms with Crippen LogP contribution in [0.4, 0.5) is 0 Å². The largest absolute Gasteiger partial charge is 0.419 e. The lowest BCUT2D eigenvalue weighted by molar-refractivity contribution is 0.528. The molecule has 0 N–H and O–H groups in total. The Hall–Kier alpha value is -0.930. The number of nitrogens with zero attached hydrogens (tertiary/aromatic N) is 1. The Balaban J connectivity index is 3.09. The molecule has 5 heteroatoms. The molecule has 0 aliphatic rings. The highest BCUT2D eigenvalue weighted by molar-refractivity contribution is 6.39. The van der Waals surface area contributed by atoms with Crippen molar-refractivity contribution >= 4 is 34.3 Å². The molecule has 13 heavy (non-hydrogen) atoms. The maximum Gasteiger partial charge on any atom is 0.419 e. The van der Waals surface area contributed by atoms with Gasteiger partial charge < -0.3 is 4.42 Å². The van der Waals surface area contributed by atoms with E-state index in [-0.39, 0.29) is 0 Å². The number of hydrogen-bond donors (Lipinski definition) is 0. The number of benzene rings is 1. The van der Waals surface area contributed by atoms with Crippen molar-refractivity contribution < 1.29 is 4.42 Å². The average Bonchev–Trinajstić information content (AvgIpc) is 2.38. The molecule has 3 nitrogen and oxygen atoms in total. The van der Waals surface area contributed by atoms with Gasteiger partial charge in [0.25, 0.3) is 0 Å². The summed E-state index contributed by atoms with van der Waals surface area (Å²) in [6, 6.07) is 3.22. The van der Waals surface area contributed by atoms with Gasteiger partial charge in [-0.05, 0) is 12.1 Å². The summed E-state index contributed by atoms with van der Waals surface area (Å²) in [6.07, 6.45) is 0. The van der Waals surface area contributed by atoms with Gasteiger partial charge in [-0.2, -0.15) is 0 Å². The highest BCUT2D eigenvalue weighted by Crippen LogP contribution is 2.28. The van der Waals surface area contributed by atoms with E-state index in [1.807, 2.05) is 0 Å². The lowest BCUT2D eigenvalue weighted by Gasteiger charge is -1.95. The molecule has 0 spiro atoms. The fraction of sp³-hybridized carbons (Fsp3) is 0.125. The Labute approximate surface area is 83.5 Å². The molecule has 0 aliphatic carbocycles. The normalized spacial score (nSPS) is 11.0. The van der Waals surface area contributed by atoms with Crippen LogP contribution in [-0.2, 0) is 7.05 Å². The minimum atomic E-state index is -0.468. The van der Waals surface area contributed by atoms with E-state index in [1.165, 1.54) is 4.57 Å². The van der Waals surface area contributed by atoms with Gasteiger partial charge in [0.05, 0.1) is 10.0 Å². The van der Waals surface area contributed by atoms with Gasteiger partial charge in [0.1, 0.15) is 5.52 Å². The van der Waals surface area contributed by atoms with Crippen LogP contribution in [0.15, 0.2) is 21.3 Å². The van der Waals surface area contributed by atoms with E-state index in [1.54, 1.807) is 19.2 Å². The molecular formula is C8H5Cl2NO2. The van der Waals surface area contributed by atoms with E-state index in [4.69, 9.17) is 27.6 Å². The minimum Gasteiger partial charge on any atom is -0.406 e. The topological polar surface area (TPSA) is 35.1 Å². The number of oxazole rings is 1. The summed E-state index contributed by atoms with van der Waals surface area (Å²) in [7, 11) is 1.58. The lowest BCUT2D eigenvalue weighted by Crippen LogP contribution is -2.08. The first kappa shape index (κ1) is 8.66. The zero-order valence-electron chi connectivity index (χ0n) is 6.67. The minimum absolute atomic E-state index is 0.335. The van der Waals surface area contributed by atoms with Crippen LogP contribution in [-0.4, -0.2) is 4.57 Å². The number of fused-ring (bicyclic) bond motifs is 1. The molecule has 0 bridgehead atoms. The molecule has 0 fully saturated rings. The van der Waals surface area contributed by atoms with Crippen LogP contribution in [0.5, 0.6) is 0 Å². The highest BCUT2D eigenvalue weighted by atomic mass is 35.5. The molecule has 0 saturated carbocycles. The van der Waals surface area contributed by atoms with Gasteiger partial charge in [-0.3, -0.25) is 4.57 Å². The van der Waals surface area contributed by atoms with Crippen LogP contribution in [0.1, 0.15) is 0 Å². The molecule has 0 aliphatic heterocycles. The van der Waals surface area contributed by atoms with Crippen molar-refractivity contribution in [1.29, 1.82) is 0 Å². The second-order valence-corrected chi connectivity index (χ2v) is 3.45. The summed E-state index contributed by atoms with van der Waals surface area (Å²) in [4.78, 5) is 11.1. The van der Waals surface area contributed by atoms with E-state index in [9.17, 15) is 4.79 Å². The zero-order chi connectivity index (χ0) is 9.59.